The quantitative estimate of drug-likeness (QED) is 0.234. The van der Waals surface area contributed by atoms with Gasteiger partial charge in [0.05, 0.1) is 28.8 Å². The molecule has 2 aromatic carbocycles. The van der Waals surface area contributed by atoms with Gasteiger partial charge in [-0.25, -0.2) is 9.67 Å². The van der Waals surface area contributed by atoms with Crippen molar-refractivity contribution in [3.8, 4) is 5.69 Å². The second kappa shape index (κ2) is 10.3. The molecule has 4 rings (SSSR count). The summed E-state index contributed by atoms with van der Waals surface area (Å²) in [5.41, 5.74) is 2.99. The van der Waals surface area contributed by atoms with E-state index in [1.807, 2.05) is 53.4 Å². The zero-order valence-electron chi connectivity index (χ0n) is 21.0. The Morgan fingerprint density at radius 1 is 0.914 bits per heavy atom. The Kier molecular flexibility index (Phi) is 7.36. The summed E-state index contributed by atoms with van der Waals surface area (Å²) in [6, 6.07) is 17.0. The van der Waals surface area contributed by atoms with Crippen molar-refractivity contribution in [2.45, 2.75) is 34.6 Å². The number of hydrogen-bond donors (Lipinski definition) is 0. The van der Waals surface area contributed by atoms with Crippen molar-refractivity contribution in [3.63, 3.8) is 0 Å². The molecule has 0 unspecified atom stereocenters. The van der Waals surface area contributed by atoms with Crippen LogP contribution in [0.1, 0.15) is 39.0 Å². The number of hydrogen-bond acceptors (Lipinski definition) is 6. The van der Waals surface area contributed by atoms with Gasteiger partial charge in [-0.3, -0.25) is 19.5 Å². The van der Waals surface area contributed by atoms with Crippen LogP contribution in [0.3, 0.4) is 0 Å². The second-order valence-corrected chi connectivity index (χ2v) is 11.6. The first kappa shape index (κ1) is 25.0. The van der Waals surface area contributed by atoms with E-state index < -0.39 is 7.19 Å². The van der Waals surface area contributed by atoms with Crippen molar-refractivity contribution >= 4 is 35.5 Å². The van der Waals surface area contributed by atoms with Crippen LogP contribution < -0.4 is 5.30 Å². The lowest BCUT2D eigenvalue weighted by Crippen LogP contribution is -2.42. The van der Waals surface area contributed by atoms with Crippen LogP contribution in [-0.2, 0) is 0 Å². The van der Waals surface area contributed by atoms with Gasteiger partial charge in [-0.05, 0) is 36.8 Å². The number of para-hydroxylation sites is 1. The van der Waals surface area contributed by atoms with Crippen LogP contribution in [0.5, 0.6) is 0 Å². The summed E-state index contributed by atoms with van der Waals surface area (Å²) in [6.07, 6.45) is 1.98. The van der Waals surface area contributed by atoms with Crippen molar-refractivity contribution < 1.29 is 4.92 Å². The topological polar surface area (TPSA) is 79.8 Å². The molecule has 0 amide bonds. The fourth-order valence-electron chi connectivity index (χ4n) is 5.10. The summed E-state index contributed by atoms with van der Waals surface area (Å²) in [5.74, 6) is 0.867. The molecule has 0 saturated heterocycles. The van der Waals surface area contributed by atoms with Crippen molar-refractivity contribution in [1.82, 2.24) is 19.1 Å². The first-order valence-electron chi connectivity index (χ1n) is 12.2. The highest BCUT2D eigenvalue weighted by atomic mass is 31.2. The van der Waals surface area contributed by atoms with Crippen LogP contribution in [0.2, 0.25) is 0 Å². The number of fused-ring (bicyclic) bond motifs is 1. The molecular weight excluding hydrogens is 459 g/mol. The predicted molar refractivity (Wildman–Crippen MR) is 146 cm³/mol. The van der Waals surface area contributed by atoms with Crippen molar-refractivity contribution in [2.24, 2.45) is 4.99 Å². The Morgan fingerprint density at radius 2 is 1.49 bits per heavy atom. The number of non-ortho nitro benzene ring substituents is 1. The Bertz CT molecular complexity index is 1270. The second-order valence-electron chi connectivity index (χ2n) is 8.33. The van der Waals surface area contributed by atoms with E-state index in [2.05, 4.69) is 44.0 Å². The average Bonchev–Trinajstić information content (AvgIpc) is 3.23. The zero-order valence-corrected chi connectivity index (χ0v) is 21.9. The van der Waals surface area contributed by atoms with Gasteiger partial charge in [0.1, 0.15) is 0 Å². The van der Waals surface area contributed by atoms with E-state index in [0.29, 0.717) is 0 Å². The minimum absolute atomic E-state index is 0.0884. The summed E-state index contributed by atoms with van der Waals surface area (Å²) in [7, 11) is -2.33. The highest BCUT2D eigenvalue weighted by Crippen LogP contribution is 2.59. The molecule has 9 heteroatoms. The molecule has 1 aliphatic rings. The molecule has 0 N–H and O–H groups in total. The summed E-state index contributed by atoms with van der Waals surface area (Å²) in [5, 5.41) is 18.6. The third kappa shape index (κ3) is 4.05. The lowest BCUT2D eigenvalue weighted by molar-refractivity contribution is -0.384. The monoisotopic (exact) mass is 492 g/mol. The summed E-state index contributed by atoms with van der Waals surface area (Å²) in [4.78, 5) is 15.9. The molecule has 1 aliphatic heterocycles. The molecule has 0 saturated carbocycles. The lowest BCUT2D eigenvalue weighted by Gasteiger charge is -2.47. The van der Waals surface area contributed by atoms with E-state index in [-0.39, 0.29) is 10.6 Å². The smallest absolute Gasteiger partial charge is 0.268 e. The number of nitro benzene ring substituents is 1. The minimum atomic E-state index is -2.33. The first-order chi connectivity index (χ1) is 16.9. The van der Waals surface area contributed by atoms with E-state index in [1.165, 1.54) is 5.30 Å². The molecular formula is C26H33N6O2P. The third-order valence-electron chi connectivity index (χ3n) is 6.62. The number of rotatable bonds is 9. The Morgan fingerprint density at radius 3 is 2.00 bits per heavy atom. The highest BCUT2D eigenvalue weighted by molar-refractivity contribution is 7.81. The van der Waals surface area contributed by atoms with Gasteiger partial charge in [0.2, 0.25) is 0 Å². The molecule has 35 heavy (non-hydrogen) atoms. The molecule has 0 aliphatic carbocycles. The van der Waals surface area contributed by atoms with Crippen LogP contribution in [0.4, 0.5) is 11.5 Å². The van der Waals surface area contributed by atoms with Crippen LogP contribution in [0.15, 0.2) is 59.6 Å². The van der Waals surface area contributed by atoms with Gasteiger partial charge < -0.3 is 0 Å². The molecule has 1 aromatic heterocycles. The van der Waals surface area contributed by atoms with Crippen LogP contribution in [-0.4, -0.2) is 61.7 Å². The third-order valence-corrected chi connectivity index (χ3v) is 11.6. The van der Waals surface area contributed by atoms with Crippen LogP contribution in [0, 0.1) is 17.0 Å². The number of benzene rings is 2. The van der Waals surface area contributed by atoms with Crippen molar-refractivity contribution in [2.75, 3.05) is 26.2 Å². The molecule has 0 atom stereocenters. The molecule has 0 radical (unpaired) electrons. The maximum atomic E-state index is 11.3. The van der Waals surface area contributed by atoms with E-state index >= 15 is 0 Å². The largest absolute Gasteiger partial charge is 0.269 e. The summed E-state index contributed by atoms with van der Waals surface area (Å²) >= 11 is 0. The molecule has 0 spiro atoms. The first-order valence-corrected chi connectivity index (χ1v) is 13.8. The van der Waals surface area contributed by atoms with Crippen molar-refractivity contribution in [3.05, 3.63) is 76.0 Å². The van der Waals surface area contributed by atoms with Crippen LogP contribution in [0.25, 0.3) is 5.69 Å². The number of aryl methyl sites for hydroxylation is 1. The van der Waals surface area contributed by atoms with Gasteiger partial charge >= 0.3 is 0 Å². The van der Waals surface area contributed by atoms with E-state index in [1.54, 1.807) is 12.1 Å². The highest BCUT2D eigenvalue weighted by Gasteiger charge is 2.42. The normalized spacial score (nSPS) is 14.5. The maximum absolute atomic E-state index is 11.3. The molecule has 2 heterocycles. The summed E-state index contributed by atoms with van der Waals surface area (Å²) < 4.78 is 7.07. The average molecular weight is 493 g/mol. The van der Waals surface area contributed by atoms with Crippen molar-refractivity contribution in [1.29, 1.82) is 0 Å². The molecule has 8 nitrogen and oxygen atoms in total. The van der Waals surface area contributed by atoms with E-state index in [4.69, 9.17) is 10.1 Å². The maximum Gasteiger partial charge on any atom is 0.269 e. The number of aromatic nitrogens is 2. The van der Waals surface area contributed by atoms with Gasteiger partial charge in [-0.15, -0.1) is 0 Å². The summed E-state index contributed by atoms with van der Waals surface area (Å²) in [6.45, 7) is 14.3. The number of nitro groups is 1. The molecule has 3 aromatic rings. The Labute approximate surface area is 207 Å². The van der Waals surface area contributed by atoms with Gasteiger partial charge in [0, 0.05) is 49.8 Å². The molecule has 0 fully saturated rings. The minimum Gasteiger partial charge on any atom is -0.268 e. The fourth-order valence-corrected chi connectivity index (χ4v) is 10.2. The Hall–Kier alpha value is -3.06. The molecule has 0 bridgehead atoms. The SMILES string of the molecule is CCN(CC)P1(N(CC)CC)=C(c2ccc([N+](=O)[O-])cc2)C=Nc2c1c(C)nn2-c1ccccc1. The lowest BCUT2D eigenvalue weighted by atomic mass is 10.1. The van der Waals surface area contributed by atoms with E-state index in [9.17, 15) is 10.1 Å². The van der Waals surface area contributed by atoms with Gasteiger partial charge in [-0.2, -0.15) is 5.10 Å². The fraction of sp³-hybridized carbons (Fsp3) is 0.346. The standard InChI is InChI=1S/C26H33N6O2P/c1-6-29(7-2)35(30(8-3)9-4)24(21-15-17-23(18-16-21)32(33)34)19-27-26-25(35)20(5)28-31(26)22-13-11-10-12-14-22/h10-19H,6-9H2,1-5H3. The van der Waals surface area contributed by atoms with Crippen LogP contribution >= 0.6 is 7.19 Å². The number of aliphatic imine (C=N–C) groups is 1. The molecule has 184 valence electrons. The van der Waals surface area contributed by atoms with Gasteiger partial charge in [0.25, 0.3) is 5.69 Å². The number of nitrogens with zero attached hydrogens (tertiary/aromatic N) is 6. The Balaban J connectivity index is 2.14. The van der Waals surface area contributed by atoms with Gasteiger partial charge in [0.15, 0.2) is 5.82 Å². The predicted octanol–water partition coefficient (Wildman–Crippen LogP) is 5.18. The van der Waals surface area contributed by atoms with E-state index in [0.717, 1.165) is 54.2 Å². The van der Waals surface area contributed by atoms with Gasteiger partial charge in [-0.1, -0.05) is 45.9 Å². The zero-order chi connectivity index (χ0) is 25.2.